The normalized spacial score (nSPS) is 14.1. The van der Waals surface area contributed by atoms with Crippen molar-refractivity contribution in [3.05, 3.63) is 53.6 Å². The van der Waals surface area contributed by atoms with Crippen LogP contribution in [-0.4, -0.2) is 62.7 Å². The van der Waals surface area contributed by atoms with E-state index in [1.165, 1.54) is 4.90 Å². The molecule has 2 aromatic rings. The maximum Gasteiger partial charge on any atom is 0.244 e. The molecule has 9 nitrogen and oxygen atoms in total. The molecule has 196 valence electrons. The van der Waals surface area contributed by atoms with Crippen molar-refractivity contribution in [1.82, 2.24) is 10.2 Å². The number of aryl methyl sites for hydroxylation is 1. The fourth-order valence-corrected chi connectivity index (χ4v) is 4.67. The van der Waals surface area contributed by atoms with E-state index in [2.05, 4.69) is 5.32 Å². The number of rotatable bonds is 8. The fourth-order valence-electron chi connectivity index (χ4n) is 3.83. The summed E-state index contributed by atoms with van der Waals surface area (Å²) in [5, 5.41) is 2.91. The van der Waals surface area contributed by atoms with E-state index in [1.807, 2.05) is 52.0 Å². The maximum atomic E-state index is 13.7. The highest BCUT2D eigenvalue weighted by Crippen LogP contribution is 2.34. The first kappa shape index (κ1) is 27.3. The molecule has 0 bridgehead atoms. The summed E-state index contributed by atoms with van der Waals surface area (Å²) >= 11 is 0. The number of carbonyl (C=O) groups excluding carboxylic acids is 2. The van der Waals surface area contributed by atoms with Gasteiger partial charge in [0.25, 0.3) is 0 Å². The van der Waals surface area contributed by atoms with E-state index in [4.69, 9.17) is 9.47 Å². The van der Waals surface area contributed by atoms with Crippen molar-refractivity contribution in [1.29, 1.82) is 0 Å². The van der Waals surface area contributed by atoms with Crippen molar-refractivity contribution in [3.8, 4) is 11.5 Å². The van der Waals surface area contributed by atoms with Gasteiger partial charge in [-0.25, -0.2) is 8.42 Å². The summed E-state index contributed by atoms with van der Waals surface area (Å²) in [6, 6.07) is 11.5. The Hall–Kier alpha value is -3.27. The topological polar surface area (TPSA) is 105 Å². The summed E-state index contributed by atoms with van der Waals surface area (Å²) in [6.45, 7) is 9.58. The minimum absolute atomic E-state index is 0.156. The lowest BCUT2D eigenvalue weighted by atomic mass is 10.1. The molecule has 3 rings (SSSR count). The van der Waals surface area contributed by atoms with Crippen molar-refractivity contribution in [2.24, 2.45) is 0 Å². The van der Waals surface area contributed by atoms with Crippen LogP contribution in [0.15, 0.2) is 42.5 Å². The molecule has 0 spiro atoms. The van der Waals surface area contributed by atoms with Crippen LogP contribution in [0.4, 0.5) is 5.69 Å². The van der Waals surface area contributed by atoms with Crippen LogP contribution >= 0.6 is 0 Å². The summed E-state index contributed by atoms with van der Waals surface area (Å²) in [7, 11) is -3.84. The van der Waals surface area contributed by atoms with Gasteiger partial charge in [-0.2, -0.15) is 0 Å². The number of benzene rings is 2. The fraction of sp³-hybridized carbons (Fsp3) is 0.462. The van der Waals surface area contributed by atoms with Crippen LogP contribution in [0.2, 0.25) is 0 Å². The first-order valence-electron chi connectivity index (χ1n) is 11.8. The zero-order chi connectivity index (χ0) is 26.7. The molecule has 1 unspecified atom stereocenters. The Morgan fingerprint density at radius 2 is 1.69 bits per heavy atom. The highest BCUT2D eigenvalue weighted by Gasteiger charge is 2.32. The number of sulfonamides is 1. The van der Waals surface area contributed by atoms with Gasteiger partial charge in [0, 0.05) is 18.2 Å². The second-order valence-corrected chi connectivity index (χ2v) is 11.9. The molecule has 0 radical (unpaired) electrons. The third-order valence-electron chi connectivity index (χ3n) is 5.76. The van der Waals surface area contributed by atoms with Gasteiger partial charge >= 0.3 is 0 Å². The first-order valence-corrected chi connectivity index (χ1v) is 13.6. The average molecular weight is 518 g/mol. The molecule has 0 aliphatic carbocycles. The number of carbonyl (C=O) groups is 2. The van der Waals surface area contributed by atoms with E-state index in [0.717, 1.165) is 21.7 Å². The molecule has 2 aromatic carbocycles. The van der Waals surface area contributed by atoms with Crippen molar-refractivity contribution in [2.75, 3.05) is 30.3 Å². The molecule has 1 N–H and O–H groups in total. The maximum absolute atomic E-state index is 13.7. The third-order valence-corrected chi connectivity index (χ3v) is 6.90. The standard InChI is InChI=1S/C26H35N3O6S/c1-18-9-7-8-10-20(18)16-28(19(2)25(31)27-26(3,4)5)24(30)17-29(36(6,32)33)21-11-12-22-23(15-21)35-14-13-34-22/h7-12,15,19H,13-14,16-17H2,1-6H3,(H,27,31). The van der Waals surface area contributed by atoms with E-state index in [0.29, 0.717) is 24.7 Å². The van der Waals surface area contributed by atoms with Gasteiger partial charge in [0.1, 0.15) is 25.8 Å². The van der Waals surface area contributed by atoms with Gasteiger partial charge in [0.2, 0.25) is 21.8 Å². The molecular formula is C26H35N3O6S. The Kier molecular flexibility index (Phi) is 8.18. The molecule has 0 saturated heterocycles. The molecule has 1 aliphatic heterocycles. The number of ether oxygens (including phenoxy) is 2. The van der Waals surface area contributed by atoms with Crippen molar-refractivity contribution >= 4 is 27.5 Å². The van der Waals surface area contributed by atoms with Gasteiger partial charge in [-0.3, -0.25) is 13.9 Å². The van der Waals surface area contributed by atoms with Gasteiger partial charge in [-0.1, -0.05) is 24.3 Å². The average Bonchev–Trinajstić information content (AvgIpc) is 2.79. The molecule has 0 fully saturated rings. The lowest BCUT2D eigenvalue weighted by Crippen LogP contribution is -2.54. The Balaban J connectivity index is 1.94. The summed E-state index contributed by atoms with van der Waals surface area (Å²) < 4.78 is 37.7. The summed E-state index contributed by atoms with van der Waals surface area (Å²) in [6.07, 6.45) is 1.04. The molecule has 1 atom stereocenters. The van der Waals surface area contributed by atoms with Crippen LogP contribution in [0.1, 0.15) is 38.8 Å². The Bertz CT molecular complexity index is 1220. The highest BCUT2D eigenvalue weighted by molar-refractivity contribution is 7.92. The van der Waals surface area contributed by atoms with Crippen LogP contribution in [0.3, 0.4) is 0 Å². The number of amides is 2. The van der Waals surface area contributed by atoms with Crippen LogP contribution in [-0.2, 0) is 26.2 Å². The summed E-state index contributed by atoms with van der Waals surface area (Å²) in [4.78, 5) is 28.1. The quantitative estimate of drug-likeness (QED) is 0.577. The Labute approximate surface area is 213 Å². The largest absolute Gasteiger partial charge is 0.486 e. The van der Waals surface area contributed by atoms with Gasteiger partial charge in [-0.15, -0.1) is 0 Å². The zero-order valence-electron chi connectivity index (χ0n) is 21.7. The van der Waals surface area contributed by atoms with E-state index in [-0.39, 0.29) is 18.1 Å². The highest BCUT2D eigenvalue weighted by atomic mass is 32.2. The van der Waals surface area contributed by atoms with Crippen LogP contribution in [0, 0.1) is 6.92 Å². The zero-order valence-corrected chi connectivity index (χ0v) is 22.5. The van der Waals surface area contributed by atoms with E-state index in [9.17, 15) is 18.0 Å². The molecule has 1 aliphatic rings. The van der Waals surface area contributed by atoms with Crippen LogP contribution in [0.5, 0.6) is 11.5 Å². The summed E-state index contributed by atoms with van der Waals surface area (Å²) in [5.41, 5.74) is 1.61. The van der Waals surface area contributed by atoms with Crippen molar-refractivity contribution in [3.63, 3.8) is 0 Å². The lowest BCUT2D eigenvalue weighted by Gasteiger charge is -2.33. The predicted octanol–water partition coefficient (Wildman–Crippen LogP) is 2.86. The lowest BCUT2D eigenvalue weighted by molar-refractivity contribution is -0.140. The molecule has 1 heterocycles. The van der Waals surface area contributed by atoms with E-state index >= 15 is 0 Å². The number of hydrogen-bond acceptors (Lipinski definition) is 6. The summed E-state index contributed by atoms with van der Waals surface area (Å²) in [5.74, 6) is 0.0952. The predicted molar refractivity (Wildman–Crippen MR) is 139 cm³/mol. The molecule has 0 aromatic heterocycles. The number of hydrogen-bond donors (Lipinski definition) is 1. The van der Waals surface area contributed by atoms with E-state index in [1.54, 1.807) is 25.1 Å². The number of nitrogens with zero attached hydrogens (tertiary/aromatic N) is 2. The first-order chi connectivity index (χ1) is 16.8. The monoisotopic (exact) mass is 517 g/mol. The van der Waals surface area contributed by atoms with Gasteiger partial charge in [0.05, 0.1) is 11.9 Å². The second-order valence-electron chi connectivity index (χ2n) is 9.96. The minimum Gasteiger partial charge on any atom is -0.486 e. The van der Waals surface area contributed by atoms with Gasteiger partial charge < -0.3 is 19.7 Å². The van der Waals surface area contributed by atoms with Crippen LogP contribution in [0.25, 0.3) is 0 Å². The molecule has 0 saturated carbocycles. The molecule has 36 heavy (non-hydrogen) atoms. The number of nitrogens with one attached hydrogen (secondary N) is 1. The van der Waals surface area contributed by atoms with Crippen molar-refractivity contribution in [2.45, 2.75) is 52.7 Å². The van der Waals surface area contributed by atoms with Crippen molar-refractivity contribution < 1.29 is 27.5 Å². The molecular weight excluding hydrogens is 482 g/mol. The number of anilines is 1. The molecule has 2 amide bonds. The SMILES string of the molecule is Cc1ccccc1CN(C(=O)CN(c1ccc2c(c1)OCCO2)S(C)(=O)=O)C(C)C(=O)NC(C)(C)C. The smallest absolute Gasteiger partial charge is 0.244 e. The van der Waals surface area contributed by atoms with E-state index < -0.39 is 34.1 Å². The second kappa shape index (κ2) is 10.8. The minimum atomic E-state index is -3.84. The Morgan fingerprint density at radius 1 is 1.06 bits per heavy atom. The number of fused-ring (bicyclic) bond motifs is 1. The Morgan fingerprint density at radius 3 is 2.31 bits per heavy atom. The third kappa shape index (κ3) is 6.90. The van der Waals surface area contributed by atoms with Gasteiger partial charge in [0.15, 0.2) is 11.5 Å². The molecule has 10 heteroatoms. The van der Waals surface area contributed by atoms with Crippen LogP contribution < -0.4 is 19.1 Å². The van der Waals surface area contributed by atoms with Gasteiger partial charge in [-0.05, 0) is 57.9 Å².